The third kappa shape index (κ3) is 1.47. The van der Waals surface area contributed by atoms with Crippen LogP contribution in [-0.4, -0.2) is 0 Å². The highest BCUT2D eigenvalue weighted by Gasteiger charge is 2.67. The number of nitrogens with zero attached hydrogens (tertiary/aromatic N) is 2. The molecular weight excluding hydrogens is 232 g/mol. The van der Waals surface area contributed by atoms with Gasteiger partial charge in [0, 0.05) is 0 Å². The Hall–Kier alpha value is -2.58. The van der Waals surface area contributed by atoms with Crippen molar-refractivity contribution in [3.8, 4) is 12.1 Å². The molecule has 19 heavy (non-hydrogen) atoms. The maximum Gasteiger partial charge on any atom is 0.0784 e. The molecule has 0 bridgehead atoms. The van der Waals surface area contributed by atoms with Crippen LogP contribution in [0.25, 0.3) is 0 Å². The van der Waals surface area contributed by atoms with Crippen LogP contribution in [0.5, 0.6) is 0 Å². The summed E-state index contributed by atoms with van der Waals surface area (Å²) >= 11 is 0. The van der Waals surface area contributed by atoms with Crippen molar-refractivity contribution in [2.45, 2.75) is 5.41 Å². The fourth-order valence-electron chi connectivity index (χ4n) is 3.05. The van der Waals surface area contributed by atoms with Crippen molar-refractivity contribution in [2.24, 2.45) is 11.8 Å². The van der Waals surface area contributed by atoms with Gasteiger partial charge < -0.3 is 0 Å². The van der Waals surface area contributed by atoms with Crippen LogP contribution in [0, 0.1) is 34.5 Å². The second-order valence-electron chi connectivity index (χ2n) is 4.81. The molecular formula is C17H12N2. The van der Waals surface area contributed by atoms with Crippen LogP contribution in [0.1, 0.15) is 11.1 Å². The van der Waals surface area contributed by atoms with Crippen LogP contribution in [0.4, 0.5) is 0 Å². The molecule has 1 saturated carbocycles. The monoisotopic (exact) mass is 244 g/mol. The lowest BCUT2D eigenvalue weighted by Crippen LogP contribution is -2.13. The molecule has 0 amide bonds. The first kappa shape index (κ1) is 11.5. The Morgan fingerprint density at radius 1 is 0.684 bits per heavy atom. The summed E-state index contributed by atoms with van der Waals surface area (Å²) in [4.78, 5) is 0. The van der Waals surface area contributed by atoms with E-state index in [0.717, 1.165) is 11.1 Å². The molecule has 3 rings (SSSR count). The lowest BCUT2D eigenvalue weighted by Gasteiger charge is -2.17. The normalized spacial score (nSPS) is 23.1. The summed E-state index contributed by atoms with van der Waals surface area (Å²) in [5.74, 6) is -0.524. The van der Waals surface area contributed by atoms with E-state index in [1.54, 1.807) is 0 Å². The lowest BCUT2D eigenvalue weighted by atomic mass is 9.84. The van der Waals surface area contributed by atoms with Gasteiger partial charge in [0.2, 0.25) is 0 Å². The minimum absolute atomic E-state index is 0.262. The molecule has 1 fully saturated rings. The molecule has 0 heterocycles. The highest BCUT2D eigenvalue weighted by Crippen LogP contribution is 2.63. The largest absolute Gasteiger partial charge is 0.198 e. The van der Waals surface area contributed by atoms with Crippen molar-refractivity contribution in [3.05, 3.63) is 71.8 Å². The first-order chi connectivity index (χ1) is 9.35. The van der Waals surface area contributed by atoms with E-state index >= 15 is 0 Å². The minimum Gasteiger partial charge on any atom is -0.198 e. The third-order valence-corrected chi connectivity index (χ3v) is 3.99. The van der Waals surface area contributed by atoms with E-state index in [-0.39, 0.29) is 11.8 Å². The molecule has 0 spiro atoms. The van der Waals surface area contributed by atoms with Gasteiger partial charge in [-0.1, -0.05) is 60.7 Å². The summed E-state index contributed by atoms with van der Waals surface area (Å²) in [6.07, 6.45) is 0. The molecule has 0 N–H and O–H groups in total. The molecule has 2 atom stereocenters. The van der Waals surface area contributed by atoms with Crippen molar-refractivity contribution < 1.29 is 0 Å². The Labute approximate surface area is 112 Å². The van der Waals surface area contributed by atoms with Crippen LogP contribution in [0.2, 0.25) is 0 Å². The van der Waals surface area contributed by atoms with Crippen molar-refractivity contribution >= 4 is 0 Å². The number of hydrogen-bond donors (Lipinski definition) is 0. The zero-order chi connectivity index (χ0) is 13.3. The summed E-state index contributed by atoms with van der Waals surface area (Å²) in [5.41, 5.74) is 1.66. The molecule has 1 aliphatic carbocycles. The predicted molar refractivity (Wildman–Crippen MR) is 71.9 cm³/mol. The molecule has 1 aliphatic rings. The molecule has 2 heteroatoms. The first-order valence-corrected chi connectivity index (χ1v) is 6.26. The standard InChI is InChI=1S/C17H12N2/c18-11-15-16(12-19)17(15,13-7-3-1-4-8-13)14-9-5-2-6-10-14/h1-10,15-16H/t15-,16-/m0/s1. The Morgan fingerprint density at radius 3 is 1.37 bits per heavy atom. The summed E-state index contributed by atoms with van der Waals surface area (Å²) in [5, 5.41) is 18.7. The van der Waals surface area contributed by atoms with Gasteiger partial charge in [-0.05, 0) is 11.1 Å². The van der Waals surface area contributed by atoms with E-state index in [2.05, 4.69) is 12.1 Å². The smallest absolute Gasteiger partial charge is 0.0784 e. The van der Waals surface area contributed by atoms with Gasteiger partial charge >= 0.3 is 0 Å². The molecule has 0 saturated heterocycles. The van der Waals surface area contributed by atoms with Crippen LogP contribution in [0.3, 0.4) is 0 Å². The second kappa shape index (κ2) is 4.26. The summed E-state index contributed by atoms with van der Waals surface area (Å²) in [6, 6.07) is 24.4. The van der Waals surface area contributed by atoms with E-state index in [9.17, 15) is 10.5 Å². The molecule has 0 unspecified atom stereocenters. The predicted octanol–water partition coefficient (Wildman–Crippen LogP) is 3.27. The second-order valence-corrected chi connectivity index (χ2v) is 4.81. The van der Waals surface area contributed by atoms with Gasteiger partial charge in [-0.2, -0.15) is 10.5 Å². The van der Waals surface area contributed by atoms with E-state index in [1.807, 2.05) is 60.7 Å². The number of hydrogen-bond acceptors (Lipinski definition) is 2. The SMILES string of the molecule is N#C[C@H]1[C@H](C#N)C1(c1ccccc1)c1ccccc1. The molecule has 2 nitrogen and oxygen atoms in total. The maximum absolute atomic E-state index is 9.36. The highest BCUT2D eigenvalue weighted by atomic mass is 14.7. The Kier molecular flexibility index (Phi) is 2.58. The fraction of sp³-hybridized carbons (Fsp3) is 0.176. The maximum atomic E-state index is 9.36. The number of benzene rings is 2. The van der Waals surface area contributed by atoms with Gasteiger partial charge in [0.1, 0.15) is 0 Å². The van der Waals surface area contributed by atoms with E-state index in [1.165, 1.54) is 0 Å². The zero-order valence-corrected chi connectivity index (χ0v) is 10.3. The number of rotatable bonds is 2. The van der Waals surface area contributed by atoms with E-state index in [4.69, 9.17) is 0 Å². The highest BCUT2D eigenvalue weighted by molar-refractivity contribution is 5.54. The quantitative estimate of drug-likeness (QED) is 0.814. The molecule has 0 aromatic heterocycles. The fourth-order valence-corrected chi connectivity index (χ4v) is 3.05. The van der Waals surface area contributed by atoms with Gasteiger partial charge in [-0.3, -0.25) is 0 Å². The van der Waals surface area contributed by atoms with E-state index < -0.39 is 5.41 Å². The van der Waals surface area contributed by atoms with Crippen molar-refractivity contribution in [1.29, 1.82) is 10.5 Å². The van der Waals surface area contributed by atoms with Crippen molar-refractivity contribution in [1.82, 2.24) is 0 Å². The molecule has 0 aliphatic heterocycles. The summed E-state index contributed by atoms with van der Waals surface area (Å²) in [7, 11) is 0. The lowest BCUT2D eigenvalue weighted by molar-refractivity contribution is 0.774. The van der Waals surface area contributed by atoms with Gasteiger partial charge in [-0.25, -0.2) is 0 Å². The Balaban J connectivity index is 2.21. The van der Waals surface area contributed by atoms with Crippen LogP contribution >= 0.6 is 0 Å². The molecule has 2 aromatic rings. The number of nitriles is 2. The van der Waals surface area contributed by atoms with Crippen molar-refractivity contribution in [3.63, 3.8) is 0 Å². The molecule has 2 aromatic carbocycles. The van der Waals surface area contributed by atoms with Gasteiger partial charge in [0.25, 0.3) is 0 Å². The summed E-state index contributed by atoms with van der Waals surface area (Å²) < 4.78 is 0. The molecule has 0 radical (unpaired) electrons. The summed E-state index contributed by atoms with van der Waals surface area (Å²) in [6.45, 7) is 0. The topological polar surface area (TPSA) is 47.6 Å². The van der Waals surface area contributed by atoms with Crippen LogP contribution in [-0.2, 0) is 5.41 Å². The average Bonchev–Trinajstić information content (AvgIpc) is 3.18. The van der Waals surface area contributed by atoms with Gasteiger partial charge in [-0.15, -0.1) is 0 Å². The average molecular weight is 244 g/mol. The van der Waals surface area contributed by atoms with Crippen LogP contribution in [0.15, 0.2) is 60.7 Å². The Bertz CT molecular complexity index is 600. The van der Waals surface area contributed by atoms with Crippen LogP contribution < -0.4 is 0 Å². The minimum atomic E-state index is -0.452. The zero-order valence-electron chi connectivity index (χ0n) is 10.3. The van der Waals surface area contributed by atoms with Crippen molar-refractivity contribution in [2.75, 3.05) is 0 Å². The first-order valence-electron chi connectivity index (χ1n) is 6.26. The Morgan fingerprint density at radius 2 is 1.05 bits per heavy atom. The van der Waals surface area contributed by atoms with Gasteiger partial charge in [0.05, 0.1) is 29.4 Å². The third-order valence-electron chi connectivity index (χ3n) is 3.99. The van der Waals surface area contributed by atoms with E-state index in [0.29, 0.717) is 0 Å². The molecule has 90 valence electrons. The van der Waals surface area contributed by atoms with Gasteiger partial charge in [0.15, 0.2) is 0 Å².